The molecule has 9 aromatic carbocycles. The molecule has 8 nitrogen and oxygen atoms in total. The summed E-state index contributed by atoms with van der Waals surface area (Å²) < 4.78 is 2.31. The Morgan fingerprint density at radius 3 is 1.10 bits per heavy atom. The summed E-state index contributed by atoms with van der Waals surface area (Å²) in [6, 6.07) is 81.7. The molecule has 8 heteroatoms. The van der Waals surface area contributed by atoms with Crippen molar-refractivity contribution in [3.8, 4) is 108 Å². The molecule has 0 bridgehead atoms. The monoisotopic (exact) mass is 906 g/mol. The van der Waals surface area contributed by atoms with Crippen molar-refractivity contribution in [2.24, 2.45) is 0 Å². The van der Waals surface area contributed by atoms with Gasteiger partial charge in [-0.15, -0.1) is 0 Å². The molecule has 0 amide bonds. The lowest BCUT2D eigenvalue weighted by atomic mass is 10.0. The van der Waals surface area contributed by atoms with Crippen molar-refractivity contribution < 1.29 is 0 Å². The van der Waals surface area contributed by atoms with E-state index in [0.717, 1.165) is 94.5 Å². The summed E-state index contributed by atoms with van der Waals surface area (Å²) in [5.74, 6) is 2.13. The van der Waals surface area contributed by atoms with E-state index in [1.54, 1.807) is 0 Å². The van der Waals surface area contributed by atoms with Gasteiger partial charge in [-0.1, -0.05) is 170 Å². The van der Waals surface area contributed by atoms with Crippen LogP contribution in [-0.4, -0.2) is 29.5 Å². The number of benzene rings is 9. The second-order valence-electron chi connectivity index (χ2n) is 17.1. The van der Waals surface area contributed by atoms with E-state index >= 15 is 0 Å². The van der Waals surface area contributed by atoms with E-state index in [1.807, 2.05) is 146 Å². The molecule has 12 rings (SSSR count). The van der Waals surface area contributed by atoms with Crippen LogP contribution in [0.25, 0.3) is 118 Å². The Morgan fingerprint density at radius 2 is 0.676 bits per heavy atom. The van der Waals surface area contributed by atoms with Crippen molar-refractivity contribution >= 4 is 21.8 Å². The molecule has 0 aliphatic rings. The molecule has 0 radical (unpaired) electrons. The number of aromatic nitrogens is 6. The van der Waals surface area contributed by atoms with E-state index in [1.165, 1.54) is 0 Å². The highest BCUT2D eigenvalue weighted by molar-refractivity contribution is 6.11. The van der Waals surface area contributed by atoms with Crippen LogP contribution >= 0.6 is 0 Å². The van der Waals surface area contributed by atoms with Gasteiger partial charge in [-0.05, 0) is 82.9 Å². The predicted molar refractivity (Wildman–Crippen MR) is 283 cm³/mol. The van der Waals surface area contributed by atoms with Gasteiger partial charge in [-0.25, -0.2) is 24.9 Å². The molecule has 12 aromatic rings. The first kappa shape index (κ1) is 42.2. The molecule has 0 unspecified atom stereocenters. The van der Waals surface area contributed by atoms with Crippen LogP contribution in [0.1, 0.15) is 11.1 Å². The van der Waals surface area contributed by atoms with Crippen LogP contribution in [0.5, 0.6) is 0 Å². The van der Waals surface area contributed by atoms with Crippen LogP contribution in [0.15, 0.2) is 231 Å². The highest BCUT2D eigenvalue weighted by Crippen LogP contribution is 2.41. The number of rotatable bonds is 9. The summed E-state index contributed by atoms with van der Waals surface area (Å²) >= 11 is 0. The first-order chi connectivity index (χ1) is 35.1. The number of hydrogen-bond acceptors (Lipinski definition) is 7. The Bertz CT molecular complexity index is 3800. The molecule has 0 atom stereocenters. The maximum atomic E-state index is 9.63. The van der Waals surface area contributed by atoms with Gasteiger partial charge in [0.15, 0.2) is 23.3 Å². The summed E-state index contributed by atoms with van der Waals surface area (Å²) in [5.41, 5.74) is 14.7. The molecule has 71 heavy (non-hydrogen) atoms. The SMILES string of the molecule is N#Cc1ccc(-c2ccc3c4ccc(-c5ccc(C#N)cc5)cc4n(-c4ccc(-c5nc(-c6ccccc6)nc(-c6ccccc6)n5)cc4-c4nc(-c5ccccc5)cc(-c5ccccc5)n4)c3c2)cc1. The Balaban J connectivity index is 1.17. The van der Waals surface area contributed by atoms with E-state index in [2.05, 4.69) is 102 Å². The fourth-order valence-electron chi connectivity index (χ4n) is 9.18. The summed E-state index contributed by atoms with van der Waals surface area (Å²) in [7, 11) is 0. The van der Waals surface area contributed by atoms with E-state index in [4.69, 9.17) is 24.9 Å². The Kier molecular flexibility index (Phi) is 10.8. The minimum Gasteiger partial charge on any atom is -0.308 e. The Hall–Kier alpha value is -10.2. The number of fused-ring (bicyclic) bond motifs is 3. The van der Waals surface area contributed by atoms with Crippen molar-refractivity contribution in [3.05, 3.63) is 242 Å². The van der Waals surface area contributed by atoms with Crippen molar-refractivity contribution in [2.45, 2.75) is 0 Å². The van der Waals surface area contributed by atoms with E-state index in [0.29, 0.717) is 34.4 Å². The van der Waals surface area contributed by atoms with Gasteiger partial charge in [0.2, 0.25) is 0 Å². The first-order valence-corrected chi connectivity index (χ1v) is 23.2. The van der Waals surface area contributed by atoms with Crippen molar-refractivity contribution in [1.29, 1.82) is 10.5 Å². The molecular formula is C63H38N8. The quantitative estimate of drug-likeness (QED) is 0.142. The van der Waals surface area contributed by atoms with E-state index < -0.39 is 0 Å². The number of hydrogen-bond donors (Lipinski definition) is 0. The fraction of sp³-hybridized carbons (Fsp3) is 0. The maximum Gasteiger partial charge on any atom is 0.164 e. The summed E-state index contributed by atoms with van der Waals surface area (Å²) in [4.78, 5) is 26.2. The van der Waals surface area contributed by atoms with Crippen molar-refractivity contribution in [1.82, 2.24) is 29.5 Å². The molecule has 3 aromatic heterocycles. The topological polar surface area (TPSA) is 117 Å². The van der Waals surface area contributed by atoms with Crippen LogP contribution < -0.4 is 0 Å². The summed E-state index contributed by atoms with van der Waals surface area (Å²) in [5, 5.41) is 21.4. The molecular weight excluding hydrogens is 869 g/mol. The molecule has 0 aliphatic carbocycles. The largest absolute Gasteiger partial charge is 0.308 e. The van der Waals surface area contributed by atoms with Crippen molar-refractivity contribution in [3.63, 3.8) is 0 Å². The molecule has 0 fully saturated rings. The van der Waals surface area contributed by atoms with Gasteiger partial charge in [-0.2, -0.15) is 10.5 Å². The zero-order valence-corrected chi connectivity index (χ0v) is 38.0. The van der Waals surface area contributed by atoms with Gasteiger partial charge >= 0.3 is 0 Å². The zero-order chi connectivity index (χ0) is 47.7. The lowest BCUT2D eigenvalue weighted by Gasteiger charge is -2.17. The van der Waals surface area contributed by atoms with Gasteiger partial charge in [-0.3, -0.25) is 0 Å². The molecule has 0 saturated heterocycles. The van der Waals surface area contributed by atoms with Gasteiger partial charge in [0.25, 0.3) is 0 Å². The molecule has 3 heterocycles. The number of nitrogens with zero attached hydrogens (tertiary/aromatic N) is 8. The zero-order valence-electron chi connectivity index (χ0n) is 38.0. The maximum absolute atomic E-state index is 9.63. The highest BCUT2D eigenvalue weighted by Gasteiger charge is 2.22. The predicted octanol–water partition coefficient (Wildman–Crippen LogP) is 14.8. The van der Waals surface area contributed by atoms with Gasteiger partial charge < -0.3 is 4.57 Å². The van der Waals surface area contributed by atoms with Crippen LogP contribution in [0.3, 0.4) is 0 Å². The van der Waals surface area contributed by atoms with Crippen LogP contribution in [0.2, 0.25) is 0 Å². The molecule has 0 aliphatic heterocycles. The smallest absolute Gasteiger partial charge is 0.164 e. The van der Waals surface area contributed by atoms with Crippen molar-refractivity contribution in [2.75, 3.05) is 0 Å². The molecule has 0 saturated carbocycles. The average Bonchev–Trinajstić information content (AvgIpc) is 3.78. The third-order valence-corrected chi connectivity index (χ3v) is 12.8. The molecule has 0 spiro atoms. The summed E-state index contributed by atoms with van der Waals surface area (Å²) in [6.07, 6.45) is 0. The first-order valence-electron chi connectivity index (χ1n) is 23.2. The van der Waals surface area contributed by atoms with E-state index in [9.17, 15) is 10.5 Å². The molecule has 0 N–H and O–H groups in total. The minimum atomic E-state index is 0.501. The standard InChI is InChI=1S/C63H38N8/c64-39-41-21-25-43(26-22-41)49-29-32-52-53-33-30-50(44-27-23-42(40-65)24-28-44)37-59(53)71(58(52)36-49)57-34-31-51(62-69-60(47-17-9-3-10-18-47)68-61(70-62)48-19-11-4-12-20-48)35-54(57)63-66-55(45-13-5-1-6-14-45)38-56(67-63)46-15-7-2-8-16-46/h1-38H. The Labute approximate surface area is 409 Å². The Morgan fingerprint density at radius 1 is 0.296 bits per heavy atom. The van der Waals surface area contributed by atoms with Gasteiger partial charge in [0, 0.05) is 44.2 Å². The summed E-state index contributed by atoms with van der Waals surface area (Å²) in [6.45, 7) is 0. The van der Waals surface area contributed by atoms with Crippen LogP contribution in [0.4, 0.5) is 0 Å². The normalized spacial score (nSPS) is 11.1. The van der Waals surface area contributed by atoms with Crippen LogP contribution in [0, 0.1) is 22.7 Å². The van der Waals surface area contributed by atoms with E-state index in [-0.39, 0.29) is 0 Å². The second kappa shape index (κ2) is 18.2. The number of nitriles is 2. The lowest BCUT2D eigenvalue weighted by molar-refractivity contribution is 1.07. The average molecular weight is 907 g/mol. The van der Waals surface area contributed by atoms with Gasteiger partial charge in [0.1, 0.15) is 0 Å². The van der Waals surface area contributed by atoms with Crippen LogP contribution in [-0.2, 0) is 0 Å². The third kappa shape index (κ3) is 8.14. The minimum absolute atomic E-state index is 0.501. The highest BCUT2D eigenvalue weighted by atomic mass is 15.0. The third-order valence-electron chi connectivity index (χ3n) is 12.8. The fourth-order valence-corrected chi connectivity index (χ4v) is 9.18. The molecule has 330 valence electrons. The lowest BCUT2D eigenvalue weighted by Crippen LogP contribution is -2.04. The second-order valence-corrected chi connectivity index (χ2v) is 17.1. The van der Waals surface area contributed by atoms with Gasteiger partial charge in [0.05, 0.1) is 51.4 Å².